The van der Waals surface area contributed by atoms with E-state index in [0.29, 0.717) is 22.2 Å². The summed E-state index contributed by atoms with van der Waals surface area (Å²) in [5, 5.41) is 10.3. The topological polar surface area (TPSA) is 112 Å². The molecule has 0 aliphatic rings. The fourth-order valence-corrected chi connectivity index (χ4v) is 2.31. The van der Waals surface area contributed by atoms with Crippen LogP contribution >= 0.6 is 0 Å². The zero-order valence-corrected chi connectivity index (χ0v) is 9.86. The van der Waals surface area contributed by atoms with Crippen LogP contribution in [-0.4, -0.2) is 21.0 Å². The number of benzene rings is 1. The van der Waals surface area contributed by atoms with Crippen molar-refractivity contribution in [2.75, 3.05) is 5.73 Å². The average molecular weight is 257 g/mol. The maximum Gasteiger partial charge on any atom is 0.307 e. The lowest BCUT2D eigenvalue weighted by Crippen LogP contribution is -2.09. The normalized spacial score (nSPS) is 11.2. The number of rotatable bonds is 2. The number of nitrogens with one attached hydrogen (secondary N) is 2. The number of pyridine rings is 1. The van der Waals surface area contributed by atoms with Crippen LogP contribution in [0.4, 0.5) is 5.69 Å². The molecule has 6 heteroatoms. The molecule has 0 amide bonds. The predicted molar refractivity (Wildman–Crippen MR) is 72.2 cm³/mol. The van der Waals surface area contributed by atoms with Gasteiger partial charge < -0.3 is 20.8 Å². The Hall–Kier alpha value is -2.76. The van der Waals surface area contributed by atoms with E-state index in [-0.39, 0.29) is 12.0 Å². The van der Waals surface area contributed by atoms with Crippen LogP contribution in [0.15, 0.2) is 29.2 Å². The Morgan fingerprint density at radius 1 is 1.37 bits per heavy atom. The molecule has 0 saturated heterocycles. The Bertz CT molecular complexity index is 861. The highest BCUT2D eigenvalue weighted by Crippen LogP contribution is 2.27. The van der Waals surface area contributed by atoms with Crippen LogP contribution in [-0.2, 0) is 11.2 Å². The van der Waals surface area contributed by atoms with Crippen molar-refractivity contribution < 1.29 is 9.90 Å². The van der Waals surface area contributed by atoms with Gasteiger partial charge in [-0.3, -0.25) is 9.59 Å². The van der Waals surface area contributed by atoms with Gasteiger partial charge in [-0.1, -0.05) is 0 Å². The number of hydrogen-bond donors (Lipinski definition) is 4. The second-order valence-electron chi connectivity index (χ2n) is 4.39. The van der Waals surface area contributed by atoms with Gasteiger partial charge in [0.25, 0.3) is 5.56 Å². The molecule has 2 heterocycles. The molecule has 96 valence electrons. The Labute approximate surface area is 106 Å². The number of nitrogens with two attached hydrogens (primary N) is 1. The van der Waals surface area contributed by atoms with Gasteiger partial charge in [0.2, 0.25) is 0 Å². The SMILES string of the molecule is Nc1ccc2[nH]c3c(=O)[nH]cc(CC(=O)O)c3c2c1. The van der Waals surface area contributed by atoms with Crippen molar-refractivity contribution in [3.8, 4) is 0 Å². The summed E-state index contributed by atoms with van der Waals surface area (Å²) in [5.41, 5.74) is 7.72. The van der Waals surface area contributed by atoms with Gasteiger partial charge in [0, 0.05) is 28.2 Å². The van der Waals surface area contributed by atoms with Crippen molar-refractivity contribution in [2.24, 2.45) is 0 Å². The predicted octanol–water partition coefficient (Wildman–Crippen LogP) is 1.22. The highest BCUT2D eigenvalue weighted by molar-refractivity contribution is 6.10. The molecule has 3 aromatic rings. The summed E-state index contributed by atoms with van der Waals surface area (Å²) < 4.78 is 0. The van der Waals surface area contributed by atoms with Crippen molar-refractivity contribution >= 4 is 33.5 Å². The van der Waals surface area contributed by atoms with Crippen LogP contribution < -0.4 is 11.3 Å². The maximum absolute atomic E-state index is 11.8. The smallest absolute Gasteiger partial charge is 0.307 e. The van der Waals surface area contributed by atoms with Gasteiger partial charge in [-0.05, 0) is 23.8 Å². The van der Waals surface area contributed by atoms with E-state index in [0.717, 1.165) is 10.9 Å². The third-order valence-corrected chi connectivity index (χ3v) is 3.09. The first-order chi connectivity index (χ1) is 9.06. The largest absolute Gasteiger partial charge is 0.481 e. The molecular formula is C13H11N3O3. The zero-order valence-electron chi connectivity index (χ0n) is 9.86. The molecule has 0 bridgehead atoms. The van der Waals surface area contributed by atoms with E-state index in [1.165, 1.54) is 6.20 Å². The standard InChI is InChI=1S/C13H11N3O3/c14-7-1-2-9-8(4-7)11-6(3-10(17)18)5-15-13(19)12(11)16-9/h1-2,4-5,16H,3,14H2,(H,15,19)(H,17,18). The van der Waals surface area contributed by atoms with Crippen molar-refractivity contribution in [1.29, 1.82) is 0 Å². The van der Waals surface area contributed by atoms with Gasteiger partial charge in [-0.25, -0.2) is 0 Å². The Balaban J connectivity index is 2.48. The number of carboxylic acid groups (broad SMARTS) is 1. The number of aliphatic carboxylic acids is 1. The fourth-order valence-electron chi connectivity index (χ4n) is 2.31. The molecule has 0 aliphatic carbocycles. The van der Waals surface area contributed by atoms with Crippen LogP contribution in [0.5, 0.6) is 0 Å². The van der Waals surface area contributed by atoms with Crippen LogP contribution in [0.1, 0.15) is 5.56 Å². The average Bonchev–Trinajstić information content (AvgIpc) is 2.72. The maximum atomic E-state index is 11.8. The van der Waals surface area contributed by atoms with Crippen molar-refractivity contribution in [1.82, 2.24) is 9.97 Å². The molecule has 0 fully saturated rings. The van der Waals surface area contributed by atoms with E-state index >= 15 is 0 Å². The van der Waals surface area contributed by atoms with Gasteiger partial charge >= 0.3 is 5.97 Å². The van der Waals surface area contributed by atoms with E-state index in [9.17, 15) is 9.59 Å². The Kier molecular flexibility index (Phi) is 2.31. The highest BCUT2D eigenvalue weighted by atomic mass is 16.4. The summed E-state index contributed by atoms with van der Waals surface area (Å²) in [5.74, 6) is -0.952. The quantitative estimate of drug-likeness (QED) is 0.517. The first kappa shape index (κ1) is 11.3. The van der Waals surface area contributed by atoms with Crippen LogP contribution in [0.25, 0.3) is 21.8 Å². The number of nitrogen functional groups attached to an aromatic ring is 1. The lowest BCUT2D eigenvalue weighted by molar-refractivity contribution is -0.136. The number of hydrogen-bond acceptors (Lipinski definition) is 3. The number of anilines is 1. The van der Waals surface area contributed by atoms with Gasteiger partial charge in [0.1, 0.15) is 5.52 Å². The molecule has 19 heavy (non-hydrogen) atoms. The lowest BCUT2D eigenvalue weighted by atomic mass is 10.1. The molecule has 0 radical (unpaired) electrons. The second-order valence-corrected chi connectivity index (χ2v) is 4.39. The highest BCUT2D eigenvalue weighted by Gasteiger charge is 2.13. The second kappa shape index (κ2) is 3.88. The summed E-state index contributed by atoms with van der Waals surface area (Å²) in [6.07, 6.45) is 1.28. The number of carbonyl (C=O) groups is 1. The summed E-state index contributed by atoms with van der Waals surface area (Å²) in [6, 6.07) is 5.23. The molecule has 1 aromatic carbocycles. The van der Waals surface area contributed by atoms with E-state index < -0.39 is 5.97 Å². The molecule has 0 aliphatic heterocycles. The molecular weight excluding hydrogens is 246 g/mol. The Morgan fingerprint density at radius 3 is 2.89 bits per heavy atom. The van der Waals surface area contributed by atoms with Gasteiger partial charge in [-0.15, -0.1) is 0 Å². The molecule has 0 unspecified atom stereocenters. The number of aromatic amines is 2. The first-order valence-electron chi connectivity index (χ1n) is 5.69. The molecule has 5 N–H and O–H groups in total. The molecule has 0 saturated carbocycles. The van der Waals surface area contributed by atoms with E-state index in [1.54, 1.807) is 18.2 Å². The van der Waals surface area contributed by atoms with Crippen molar-refractivity contribution in [3.05, 3.63) is 40.3 Å². The van der Waals surface area contributed by atoms with Crippen molar-refractivity contribution in [2.45, 2.75) is 6.42 Å². The van der Waals surface area contributed by atoms with Crippen LogP contribution in [0.2, 0.25) is 0 Å². The molecule has 0 spiro atoms. The lowest BCUT2D eigenvalue weighted by Gasteiger charge is -2.00. The number of H-pyrrole nitrogens is 2. The van der Waals surface area contributed by atoms with Gasteiger partial charge in [0.15, 0.2) is 0 Å². The fraction of sp³-hybridized carbons (Fsp3) is 0.0769. The molecule has 3 rings (SSSR count). The minimum absolute atomic E-state index is 0.158. The monoisotopic (exact) mass is 257 g/mol. The summed E-state index contributed by atoms with van der Waals surface area (Å²) >= 11 is 0. The van der Waals surface area contributed by atoms with Crippen LogP contribution in [0.3, 0.4) is 0 Å². The summed E-state index contributed by atoms with van der Waals surface area (Å²) in [4.78, 5) is 28.2. The summed E-state index contributed by atoms with van der Waals surface area (Å²) in [7, 11) is 0. The molecule has 2 aromatic heterocycles. The Morgan fingerprint density at radius 2 is 2.16 bits per heavy atom. The van der Waals surface area contributed by atoms with Crippen molar-refractivity contribution in [3.63, 3.8) is 0 Å². The molecule has 0 atom stereocenters. The minimum Gasteiger partial charge on any atom is -0.481 e. The summed E-state index contributed by atoms with van der Waals surface area (Å²) in [6.45, 7) is 0. The minimum atomic E-state index is -0.952. The number of carboxylic acids is 1. The van der Waals surface area contributed by atoms with E-state index in [1.807, 2.05) is 0 Å². The zero-order chi connectivity index (χ0) is 13.6. The van der Waals surface area contributed by atoms with Gasteiger partial charge in [-0.2, -0.15) is 0 Å². The third-order valence-electron chi connectivity index (χ3n) is 3.09. The molecule has 6 nitrogen and oxygen atoms in total. The van der Waals surface area contributed by atoms with Gasteiger partial charge in [0.05, 0.1) is 6.42 Å². The van der Waals surface area contributed by atoms with E-state index in [2.05, 4.69) is 9.97 Å². The third kappa shape index (κ3) is 1.74. The van der Waals surface area contributed by atoms with E-state index in [4.69, 9.17) is 10.8 Å². The number of aromatic nitrogens is 2. The van der Waals surface area contributed by atoms with Crippen LogP contribution in [0, 0.1) is 0 Å². The number of fused-ring (bicyclic) bond motifs is 3. The first-order valence-corrected chi connectivity index (χ1v) is 5.69.